The van der Waals surface area contributed by atoms with Crippen LogP contribution in [0.4, 0.5) is 0 Å². The van der Waals surface area contributed by atoms with E-state index in [9.17, 15) is 19.5 Å². The number of carbonyl (C=O) groups excluding carboxylic acids is 3. The fourth-order valence-corrected chi connectivity index (χ4v) is 7.56. The normalized spacial score (nSPS) is 30.8. The van der Waals surface area contributed by atoms with Gasteiger partial charge in [0.05, 0.1) is 30.1 Å². The van der Waals surface area contributed by atoms with Crippen molar-refractivity contribution in [2.45, 2.75) is 109 Å². The number of aliphatic hydroxyl groups excluding tert-OH is 1. The van der Waals surface area contributed by atoms with Crippen LogP contribution < -0.4 is 0 Å². The monoisotopic (exact) mass is 545 g/mol. The van der Waals surface area contributed by atoms with Gasteiger partial charge in [-0.2, -0.15) is 0 Å². The Hall–Kier alpha value is -2.19. The van der Waals surface area contributed by atoms with Crippen molar-refractivity contribution < 1.29 is 24.2 Å². The van der Waals surface area contributed by atoms with Gasteiger partial charge < -0.3 is 24.5 Å². The number of likely N-dealkylation sites (tertiary alicyclic amines) is 1. The largest absolute Gasteiger partial charge is 0.394 e. The number of rotatable bonds is 15. The molecule has 3 aliphatic rings. The molecule has 3 amide bonds. The molecule has 0 aromatic heterocycles. The smallest absolute Gasteiger partial charge is 0.248 e. The lowest BCUT2D eigenvalue weighted by atomic mass is 9.64. The highest BCUT2D eigenvalue weighted by Gasteiger charge is 2.79. The van der Waals surface area contributed by atoms with Gasteiger partial charge in [0.1, 0.15) is 11.6 Å². The zero-order valence-corrected chi connectivity index (χ0v) is 25.0. The van der Waals surface area contributed by atoms with E-state index in [-0.39, 0.29) is 36.3 Å². The maximum atomic E-state index is 14.6. The Balaban J connectivity index is 2.20. The molecule has 3 unspecified atom stereocenters. The molecule has 2 bridgehead atoms. The van der Waals surface area contributed by atoms with Gasteiger partial charge in [-0.15, -0.1) is 13.2 Å². The first-order valence-corrected chi connectivity index (χ1v) is 15.0. The molecule has 39 heavy (non-hydrogen) atoms. The number of nitrogens with zero attached hydrogens (tertiary/aromatic N) is 3. The van der Waals surface area contributed by atoms with Crippen molar-refractivity contribution in [3.8, 4) is 0 Å². The summed E-state index contributed by atoms with van der Waals surface area (Å²) >= 11 is 0. The van der Waals surface area contributed by atoms with Gasteiger partial charge in [-0.25, -0.2) is 0 Å². The van der Waals surface area contributed by atoms with E-state index < -0.39 is 35.1 Å². The first-order chi connectivity index (χ1) is 18.5. The Kier molecular flexibility index (Phi) is 10.1. The summed E-state index contributed by atoms with van der Waals surface area (Å²) in [5.74, 6) is -2.05. The topological polar surface area (TPSA) is 90.4 Å². The maximum Gasteiger partial charge on any atom is 0.248 e. The van der Waals surface area contributed by atoms with Crippen LogP contribution in [0.1, 0.15) is 80.1 Å². The number of carbonyl (C=O) groups is 3. The predicted molar refractivity (Wildman–Crippen MR) is 153 cm³/mol. The summed E-state index contributed by atoms with van der Waals surface area (Å²) in [7, 11) is 0. The minimum Gasteiger partial charge on any atom is -0.394 e. The van der Waals surface area contributed by atoms with E-state index in [1.165, 1.54) is 0 Å². The molecule has 3 rings (SSSR count). The molecule has 1 spiro atoms. The van der Waals surface area contributed by atoms with Crippen molar-refractivity contribution in [1.82, 2.24) is 14.7 Å². The molecule has 0 aliphatic carbocycles. The Bertz CT molecular complexity index is 937. The molecule has 3 fully saturated rings. The quantitative estimate of drug-likeness (QED) is 0.316. The van der Waals surface area contributed by atoms with E-state index in [4.69, 9.17) is 4.74 Å². The van der Waals surface area contributed by atoms with Crippen LogP contribution in [-0.2, 0) is 19.1 Å². The van der Waals surface area contributed by atoms with Gasteiger partial charge in [-0.1, -0.05) is 53.2 Å². The Labute approximate surface area is 235 Å². The number of amides is 3. The van der Waals surface area contributed by atoms with Gasteiger partial charge in [0.15, 0.2) is 0 Å². The Morgan fingerprint density at radius 1 is 1.10 bits per heavy atom. The van der Waals surface area contributed by atoms with E-state index in [1.807, 2.05) is 34.6 Å². The summed E-state index contributed by atoms with van der Waals surface area (Å²) in [5.41, 5.74) is -1.90. The third-order valence-corrected chi connectivity index (χ3v) is 9.43. The second-order valence-corrected chi connectivity index (χ2v) is 12.1. The summed E-state index contributed by atoms with van der Waals surface area (Å²) in [6.45, 7) is 20.8. The molecule has 220 valence electrons. The summed E-state index contributed by atoms with van der Waals surface area (Å²) in [6, 6.07) is -1.52. The van der Waals surface area contributed by atoms with E-state index in [2.05, 4.69) is 20.1 Å². The van der Waals surface area contributed by atoms with E-state index >= 15 is 0 Å². The summed E-state index contributed by atoms with van der Waals surface area (Å²) in [4.78, 5) is 48.5. The Morgan fingerprint density at radius 3 is 2.28 bits per heavy atom. The number of hydrogen-bond donors (Lipinski definition) is 1. The molecule has 7 atom stereocenters. The molecule has 1 N–H and O–H groups in total. The van der Waals surface area contributed by atoms with Crippen LogP contribution in [0.3, 0.4) is 0 Å². The third-order valence-electron chi connectivity index (χ3n) is 9.43. The highest BCUT2D eigenvalue weighted by Crippen LogP contribution is 2.65. The minimum absolute atomic E-state index is 0.0525. The highest BCUT2D eigenvalue weighted by atomic mass is 16.5. The molecular formula is C31H51N3O5. The second kappa shape index (κ2) is 12.5. The minimum atomic E-state index is -1.11. The first kappa shape index (κ1) is 31.3. The van der Waals surface area contributed by atoms with E-state index in [0.717, 1.165) is 19.3 Å². The van der Waals surface area contributed by atoms with E-state index in [0.29, 0.717) is 38.9 Å². The van der Waals surface area contributed by atoms with Gasteiger partial charge in [0.2, 0.25) is 17.7 Å². The van der Waals surface area contributed by atoms with Gasteiger partial charge in [0.25, 0.3) is 0 Å². The average Bonchev–Trinajstić information content (AvgIpc) is 3.50. The molecule has 0 saturated carbocycles. The van der Waals surface area contributed by atoms with Gasteiger partial charge in [-0.05, 0) is 44.9 Å². The lowest BCUT2D eigenvalue weighted by molar-refractivity contribution is -0.160. The van der Waals surface area contributed by atoms with Crippen LogP contribution in [0.15, 0.2) is 25.3 Å². The third kappa shape index (κ3) is 5.08. The number of hydrogen-bond acceptors (Lipinski definition) is 5. The summed E-state index contributed by atoms with van der Waals surface area (Å²) < 4.78 is 6.95. The molecule has 3 saturated heterocycles. The molecule has 8 heteroatoms. The number of ether oxygens (including phenoxy) is 1. The molecule has 3 heterocycles. The average molecular weight is 546 g/mol. The van der Waals surface area contributed by atoms with Crippen molar-refractivity contribution in [2.75, 3.05) is 26.2 Å². The fraction of sp³-hybridized carbons (Fsp3) is 0.774. The summed E-state index contributed by atoms with van der Waals surface area (Å²) in [5, 5.41) is 10.5. The number of aliphatic hydroxyl groups is 1. The van der Waals surface area contributed by atoms with Crippen LogP contribution in [0, 0.1) is 17.8 Å². The zero-order valence-electron chi connectivity index (χ0n) is 25.0. The van der Waals surface area contributed by atoms with Gasteiger partial charge >= 0.3 is 0 Å². The zero-order chi connectivity index (χ0) is 29.1. The lowest BCUT2D eigenvalue weighted by Gasteiger charge is -2.42. The molecule has 0 aromatic rings. The van der Waals surface area contributed by atoms with Crippen molar-refractivity contribution in [2.24, 2.45) is 17.8 Å². The standard InChI is InChI=1S/C31H51N3O5/c1-9-14-22(8)33(19-12-4)29(38)26-31-16-15-30(13-5,39-31)24(27(36)32(17-10-2)18-11-3)25(31)28(37)34(26)23(20-35)21(6)7/h10,12,21-26,35H,2,4,9,11,13-20H2,1,3,5-8H3/t22?,23-,24+,25-,26?,30-,31?/m0/s1. The molecule has 8 nitrogen and oxygen atoms in total. The van der Waals surface area contributed by atoms with Crippen molar-refractivity contribution in [1.29, 1.82) is 0 Å². The first-order valence-electron chi connectivity index (χ1n) is 15.0. The highest BCUT2D eigenvalue weighted by molar-refractivity contribution is 5.99. The van der Waals surface area contributed by atoms with Crippen molar-refractivity contribution >= 4 is 17.7 Å². The van der Waals surface area contributed by atoms with Crippen LogP contribution >= 0.6 is 0 Å². The second-order valence-electron chi connectivity index (χ2n) is 12.1. The van der Waals surface area contributed by atoms with Gasteiger partial charge in [0, 0.05) is 25.7 Å². The summed E-state index contributed by atoms with van der Waals surface area (Å²) in [6.07, 6.45) is 7.69. The maximum absolute atomic E-state index is 14.6. The lowest BCUT2D eigenvalue weighted by Crippen LogP contribution is -2.60. The van der Waals surface area contributed by atoms with Crippen LogP contribution in [0.2, 0.25) is 0 Å². The SMILES string of the molecule is C=CCN(CCC)C(=O)[C@H]1[C@H]2C(=O)N([C@@H](CO)C(C)C)C(C(=O)N(CC=C)C(C)CCC)C23CC[C@]1(CC)O3. The van der Waals surface area contributed by atoms with E-state index in [1.54, 1.807) is 26.9 Å². The molecule has 0 aromatic carbocycles. The Morgan fingerprint density at radius 2 is 1.77 bits per heavy atom. The van der Waals surface area contributed by atoms with Crippen molar-refractivity contribution in [3.05, 3.63) is 25.3 Å². The van der Waals surface area contributed by atoms with Crippen LogP contribution in [0.5, 0.6) is 0 Å². The molecule has 3 aliphatic heterocycles. The molecular weight excluding hydrogens is 494 g/mol. The predicted octanol–water partition coefficient (Wildman–Crippen LogP) is 3.79. The number of fused-ring (bicyclic) bond motifs is 1. The fourth-order valence-electron chi connectivity index (χ4n) is 7.56. The van der Waals surface area contributed by atoms with Crippen molar-refractivity contribution in [3.63, 3.8) is 0 Å². The van der Waals surface area contributed by atoms with Gasteiger partial charge in [-0.3, -0.25) is 14.4 Å². The van der Waals surface area contributed by atoms with Crippen LogP contribution in [-0.4, -0.2) is 93.1 Å². The molecule has 0 radical (unpaired) electrons. The van der Waals surface area contributed by atoms with Crippen LogP contribution in [0.25, 0.3) is 0 Å².